The van der Waals surface area contributed by atoms with E-state index >= 15 is 0 Å². The van der Waals surface area contributed by atoms with Gasteiger partial charge in [0.2, 0.25) is 0 Å². The normalized spacial score (nSPS) is 10.9. The van der Waals surface area contributed by atoms with Crippen LogP contribution in [0.15, 0.2) is 73.3 Å². The van der Waals surface area contributed by atoms with Crippen molar-refractivity contribution >= 4 is 11.9 Å². The highest BCUT2D eigenvalue weighted by atomic mass is 19.1. The fourth-order valence-electron chi connectivity index (χ4n) is 2.76. The first-order valence-electron chi connectivity index (χ1n) is 10.1. The quantitative estimate of drug-likeness (QED) is 0.238. The number of halogens is 2. The lowest BCUT2D eigenvalue weighted by Gasteiger charge is -2.22. The summed E-state index contributed by atoms with van der Waals surface area (Å²) in [6.07, 6.45) is 1.57. The van der Waals surface area contributed by atoms with Gasteiger partial charge in [0, 0.05) is 12.1 Å². The zero-order valence-electron chi connectivity index (χ0n) is 18.8. The second-order valence-electron chi connectivity index (χ2n) is 7.65. The molecule has 0 unspecified atom stereocenters. The van der Waals surface area contributed by atoms with Gasteiger partial charge in [-0.1, -0.05) is 6.58 Å². The third kappa shape index (κ3) is 5.98. The van der Waals surface area contributed by atoms with E-state index in [2.05, 4.69) is 6.58 Å². The first-order chi connectivity index (χ1) is 16.1. The Bertz CT molecular complexity index is 1220. The maximum atomic E-state index is 14.4. The molecular formula is C26H22F2O6. The number of benzene rings is 3. The summed E-state index contributed by atoms with van der Waals surface area (Å²) < 4.78 is 49.3. The van der Waals surface area contributed by atoms with Crippen LogP contribution in [0.1, 0.15) is 34.6 Å². The number of methoxy groups -OCH3 is 1. The molecule has 0 bridgehead atoms. The van der Waals surface area contributed by atoms with Crippen LogP contribution in [0.2, 0.25) is 0 Å². The van der Waals surface area contributed by atoms with Crippen molar-refractivity contribution in [2.45, 2.75) is 19.4 Å². The van der Waals surface area contributed by atoms with Crippen LogP contribution in [0, 0.1) is 11.6 Å². The SMILES string of the molecule is C=CC(C)(C)Oc1ccc(C(=O)Oc2ccc(OC(=O)c3ccc(OC)cc3F)cc2)c(F)c1. The van der Waals surface area contributed by atoms with Crippen LogP contribution < -0.4 is 18.9 Å². The summed E-state index contributed by atoms with van der Waals surface area (Å²) in [4.78, 5) is 24.6. The predicted molar refractivity (Wildman–Crippen MR) is 121 cm³/mol. The van der Waals surface area contributed by atoms with Crippen molar-refractivity contribution in [1.29, 1.82) is 0 Å². The molecule has 6 nitrogen and oxygen atoms in total. The molecule has 0 saturated carbocycles. The van der Waals surface area contributed by atoms with Gasteiger partial charge in [0.1, 0.15) is 40.2 Å². The topological polar surface area (TPSA) is 71.1 Å². The Morgan fingerprint density at radius 3 is 1.59 bits per heavy atom. The van der Waals surface area contributed by atoms with Gasteiger partial charge in [-0.2, -0.15) is 0 Å². The van der Waals surface area contributed by atoms with Gasteiger partial charge in [-0.05, 0) is 68.5 Å². The summed E-state index contributed by atoms with van der Waals surface area (Å²) in [6.45, 7) is 7.17. The molecule has 3 aromatic rings. The summed E-state index contributed by atoms with van der Waals surface area (Å²) in [5, 5.41) is 0. The van der Waals surface area contributed by atoms with Crippen molar-refractivity contribution in [2.75, 3.05) is 7.11 Å². The van der Waals surface area contributed by atoms with Crippen molar-refractivity contribution < 1.29 is 37.3 Å². The number of esters is 2. The van der Waals surface area contributed by atoms with Crippen LogP contribution in [-0.4, -0.2) is 24.6 Å². The summed E-state index contributed by atoms with van der Waals surface area (Å²) in [6, 6.07) is 13.0. The predicted octanol–water partition coefficient (Wildman–Crippen LogP) is 5.76. The zero-order chi connectivity index (χ0) is 24.9. The van der Waals surface area contributed by atoms with Crippen LogP contribution >= 0.6 is 0 Å². The van der Waals surface area contributed by atoms with Crippen LogP contribution in [0.25, 0.3) is 0 Å². The molecule has 0 aliphatic carbocycles. The summed E-state index contributed by atoms with van der Waals surface area (Å²) in [7, 11) is 1.38. The minimum atomic E-state index is -0.919. The highest BCUT2D eigenvalue weighted by Gasteiger charge is 2.19. The Morgan fingerprint density at radius 1 is 0.765 bits per heavy atom. The summed E-state index contributed by atoms with van der Waals surface area (Å²) in [5.74, 6) is -2.75. The lowest BCUT2D eigenvalue weighted by atomic mass is 10.1. The van der Waals surface area contributed by atoms with E-state index in [0.717, 1.165) is 12.1 Å². The van der Waals surface area contributed by atoms with E-state index < -0.39 is 29.2 Å². The van der Waals surface area contributed by atoms with Crippen molar-refractivity contribution in [2.24, 2.45) is 0 Å². The van der Waals surface area contributed by atoms with Crippen LogP contribution in [0.5, 0.6) is 23.0 Å². The Hall–Kier alpha value is -4.20. The maximum absolute atomic E-state index is 14.4. The molecule has 0 aromatic heterocycles. The Labute approximate surface area is 195 Å². The van der Waals surface area contributed by atoms with Crippen LogP contribution in [0.4, 0.5) is 8.78 Å². The van der Waals surface area contributed by atoms with Gasteiger partial charge in [0.15, 0.2) is 0 Å². The largest absolute Gasteiger partial charge is 0.497 e. The number of hydrogen-bond donors (Lipinski definition) is 0. The van der Waals surface area contributed by atoms with E-state index in [0.29, 0.717) is 0 Å². The van der Waals surface area contributed by atoms with Gasteiger partial charge in [-0.25, -0.2) is 18.4 Å². The fourth-order valence-corrected chi connectivity index (χ4v) is 2.76. The standard InChI is InChI=1S/C26H22F2O6/c1-5-26(2,3)34-19-11-13-21(23(28)15-19)25(30)33-17-8-6-16(7-9-17)32-24(29)20-12-10-18(31-4)14-22(20)27/h5-15H,1H2,2-4H3. The van der Waals surface area contributed by atoms with E-state index in [4.69, 9.17) is 18.9 Å². The molecule has 0 aliphatic heterocycles. The first kappa shape index (κ1) is 24.4. The maximum Gasteiger partial charge on any atom is 0.346 e. The molecule has 34 heavy (non-hydrogen) atoms. The van der Waals surface area contributed by atoms with E-state index in [-0.39, 0.29) is 34.1 Å². The third-order valence-corrected chi connectivity index (χ3v) is 4.67. The van der Waals surface area contributed by atoms with E-state index in [1.807, 2.05) is 0 Å². The minimum absolute atomic E-state index is 0.0907. The molecule has 176 valence electrons. The molecular weight excluding hydrogens is 446 g/mol. The third-order valence-electron chi connectivity index (χ3n) is 4.67. The van der Waals surface area contributed by atoms with Crippen molar-refractivity contribution in [1.82, 2.24) is 0 Å². The second-order valence-corrected chi connectivity index (χ2v) is 7.65. The lowest BCUT2D eigenvalue weighted by molar-refractivity contribution is 0.0714. The smallest absolute Gasteiger partial charge is 0.346 e. The molecule has 0 fully saturated rings. The highest BCUT2D eigenvalue weighted by Crippen LogP contribution is 2.25. The average molecular weight is 468 g/mol. The van der Waals surface area contributed by atoms with Gasteiger partial charge in [-0.3, -0.25) is 0 Å². The van der Waals surface area contributed by atoms with Gasteiger partial charge in [-0.15, -0.1) is 0 Å². The van der Waals surface area contributed by atoms with E-state index in [1.165, 1.54) is 55.6 Å². The molecule has 3 rings (SSSR count). The van der Waals surface area contributed by atoms with Crippen molar-refractivity contribution in [3.63, 3.8) is 0 Å². The number of carbonyl (C=O) groups is 2. The summed E-state index contributed by atoms with van der Waals surface area (Å²) >= 11 is 0. The molecule has 0 saturated heterocycles. The fraction of sp³-hybridized carbons (Fsp3) is 0.154. The molecule has 0 aliphatic rings. The van der Waals surface area contributed by atoms with Crippen molar-refractivity contribution in [3.8, 4) is 23.0 Å². The Morgan fingerprint density at radius 2 is 1.18 bits per heavy atom. The number of carbonyl (C=O) groups excluding carboxylic acids is 2. The Balaban J connectivity index is 1.65. The average Bonchev–Trinajstić information content (AvgIpc) is 2.79. The van der Waals surface area contributed by atoms with E-state index in [9.17, 15) is 18.4 Å². The highest BCUT2D eigenvalue weighted by molar-refractivity contribution is 5.92. The first-order valence-corrected chi connectivity index (χ1v) is 10.1. The van der Waals surface area contributed by atoms with Crippen molar-refractivity contribution in [3.05, 3.63) is 96.1 Å². The number of rotatable bonds is 8. The van der Waals surface area contributed by atoms with Gasteiger partial charge >= 0.3 is 11.9 Å². The Kier molecular flexibility index (Phi) is 7.31. The molecule has 0 amide bonds. The minimum Gasteiger partial charge on any atom is -0.497 e. The number of hydrogen-bond acceptors (Lipinski definition) is 6. The molecule has 8 heteroatoms. The van der Waals surface area contributed by atoms with Crippen LogP contribution in [-0.2, 0) is 0 Å². The molecule has 0 radical (unpaired) electrons. The monoisotopic (exact) mass is 468 g/mol. The second kappa shape index (κ2) is 10.2. The van der Waals surface area contributed by atoms with Crippen LogP contribution in [0.3, 0.4) is 0 Å². The molecule has 3 aromatic carbocycles. The summed E-state index contributed by atoms with van der Waals surface area (Å²) in [5.41, 5.74) is -1.26. The van der Waals surface area contributed by atoms with Gasteiger partial charge in [0.25, 0.3) is 0 Å². The van der Waals surface area contributed by atoms with Gasteiger partial charge < -0.3 is 18.9 Å². The lowest BCUT2D eigenvalue weighted by Crippen LogP contribution is -2.24. The van der Waals surface area contributed by atoms with E-state index in [1.54, 1.807) is 19.9 Å². The molecule has 0 atom stereocenters. The zero-order valence-corrected chi connectivity index (χ0v) is 18.8. The molecule has 0 N–H and O–H groups in total. The molecule has 0 spiro atoms. The number of ether oxygens (including phenoxy) is 4. The van der Waals surface area contributed by atoms with Gasteiger partial charge in [0.05, 0.1) is 18.2 Å². The molecule has 0 heterocycles.